The lowest BCUT2D eigenvalue weighted by molar-refractivity contribution is -0.119. The van der Waals surface area contributed by atoms with Gasteiger partial charge in [-0.15, -0.1) is 0 Å². The molecule has 7 nitrogen and oxygen atoms in total. The Morgan fingerprint density at radius 3 is 2.36 bits per heavy atom. The number of hydrogen-bond donors (Lipinski definition) is 1. The van der Waals surface area contributed by atoms with E-state index in [0.29, 0.717) is 23.9 Å². The Kier molecular flexibility index (Phi) is 8.15. The highest BCUT2D eigenvalue weighted by Crippen LogP contribution is 2.25. The molecule has 1 atom stereocenters. The van der Waals surface area contributed by atoms with E-state index in [1.54, 1.807) is 42.5 Å². The number of anilines is 2. The maximum absolute atomic E-state index is 13.5. The van der Waals surface area contributed by atoms with Gasteiger partial charge in [0.1, 0.15) is 12.3 Å². The van der Waals surface area contributed by atoms with Gasteiger partial charge in [-0.3, -0.25) is 9.10 Å². The minimum absolute atomic E-state index is 0.0857. The molecule has 1 saturated heterocycles. The summed E-state index contributed by atoms with van der Waals surface area (Å²) in [6.45, 7) is 4.40. The molecule has 0 radical (unpaired) electrons. The number of hydrogen-bond acceptors (Lipinski definition) is 5. The van der Waals surface area contributed by atoms with Crippen molar-refractivity contribution in [2.24, 2.45) is 5.92 Å². The molecule has 1 fully saturated rings. The Morgan fingerprint density at radius 1 is 1.03 bits per heavy atom. The number of sulfonamides is 1. The highest BCUT2D eigenvalue weighted by atomic mass is 32.2. The van der Waals surface area contributed by atoms with Crippen molar-refractivity contribution in [2.75, 3.05) is 35.9 Å². The van der Waals surface area contributed by atoms with E-state index < -0.39 is 10.0 Å². The van der Waals surface area contributed by atoms with Gasteiger partial charge in [0, 0.05) is 25.3 Å². The van der Waals surface area contributed by atoms with Crippen LogP contribution in [0, 0.1) is 5.92 Å². The van der Waals surface area contributed by atoms with Crippen molar-refractivity contribution >= 4 is 27.3 Å². The van der Waals surface area contributed by atoms with Crippen molar-refractivity contribution in [3.63, 3.8) is 0 Å². The van der Waals surface area contributed by atoms with E-state index in [9.17, 15) is 13.2 Å². The van der Waals surface area contributed by atoms with Crippen LogP contribution in [0.4, 0.5) is 11.4 Å². The molecule has 36 heavy (non-hydrogen) atoms. The molecule has 8 heteroatoms. The Hall–Kier alpha value is -3.52. The molecule has 0 aliphatic carbocycles. The summed E-state index contributed by atoms with van der Waals surface area (Å²) in [4.78, 5) is 15.4. The number of nitrogens with zero attached hydrogens (tertiary/aromatic N) is 2. The van der Waals surface area contributed by atoms with Crippen LogP contribution in [0.25, 0.3) is 0 Å². The van der Waals surface area contributed by atoms with Crippen LogP contribution in [-0.2, 0) is 21.4 Å². The van der Waals surface area contributed by atoms with Gasteiger partial charge in [-0.2, -0.15) is 0 Å². The van der Waals surface area contributed by atoms with E-state index in [1.807, 2.05) is 12.1 Å². The van der Waals surface area contributed by atoms with Crippen molar-refractivity contribution in [2.45, 2.75) is 31.2 Å². The maximum Gasteiger partial charge on any atom is 0.264 e. The number of carbonyl (C=O) groups is 1. The third-order valence-corrected chi connectivity index (χ3v) is 8.22. The lowest BCUT2D eigenvalue weighted by atomic mass is 9.99. The van der Waals surface area contributed by atoms with E-state index in [-0.39, 0.29) is 17.3 Å². The monoisotopic (exact) mass is 507 g/mol. The molecule has 1 heterocycles. The molecule has 1 aliphatic rings. The van der Waals surface area contributed by atoms with Gasteiger partial charge in [0.25, 0.3) is 10.0 Å². The minimum Gasteiger partial charge on any atom is -0.497 e. The van der Waals surface area contributed by atoms with Gasteiger partial charge in [-0.1, -0.05) is 37.3 Å². The lowest BCUT2D eigenvalue weighted by Crippen LogP contribution is -2.40. The fraction of sp³-hybridized carbons (Fsp3) is 0.321. The normalized spacial score (nSPS) is 15.8. The van der Waals surface area contributed by atoms with Crippen molar-refractivity contribution in [1.29, 1.82) is 0 Å². The summed E-state index contributed by atoms with van der Waals surface area (Å²) < 4.78 is 33.2. The third-order valence-electron chi connectivity index (χ3n) is 6.43. The Morgan fingerprint density at radius 2 is 1.72 bits per heavy atom. The molecule has 0 saturated carbocycles. The number of para-hydroxylation sites is 1. The lowest BCUT2D eigenvalue weighted by Gasteiger charge is -2.32. The number of methoxy groups -OCH3 is 1. The second kappa shape index (κ2) is 11.5. The minimum atomic E-state index is -3.97. The van der Waals surface area contributed by atoms with Gasteiger partial charge >= 0.3 is 0 Å². The van der Waals surface area contributed by atoms with Crippen LogP contribution >= 0.6 is 0 Å². The quantitative estimate of drug-likeness (QED) is 0.463. The molecular formula is C28H33N3O4S. The van der Waals surface area contributed by atoms with Crippen LogP contribution in [0.3, 0.4) is 0 Å². The molecule has 1 N–H and O–H groups in total. The molecule has 0 aromatic heterocycles. The van der Waals surface area contributed by atoms with Gasteiger partial charge in [-0.25, -0.2) is 8.42 Å². The first-order chi connectivity index (χ1) is 17.4. The summed E-state index contributed by atoms with van der Waals surface area (Å²) in [6.07, 6.45) is 2.48. The molecular weight excluding hydrogens is 474 g/mol. The van der Waals surface area contributed by atoms with E-state index in [1.165, 1.54) is 37.8 Å². The largest absolute Gasteiger partial charge is 0.497 e. The first-order valence-electron chi connectivity index (χ1n) is 12.2. The van der Waals surface area contributed by atoms with Crippen molar-refractivity contribution in [1.82, 2.24) is 5.32 Å². The number of benzene rings is 3. The Bertz CT molecular complexity index is 1250. The van der Waals surface area contributed by atoms with Crippen LogP contribution < -0.4 is 19.3 Å². The van der Waals surface area contributed by atoms with Gasteiger partial charge in [0.15, 0.2) is 0 Å². The average molecular weight is 508 g/mol. The van der Waals surface area contributed by atoms with E-state index in [2.05, 4.69) is 29.3 Å². The predicted octanol–water partition coefficient (Wildman–Crippen LogP) is 4.44. The first kappa shape index (κ1) is 25.6. The molecule has 0 bridgehead atoms. The predicted molar refractivity (Wildman–Crippen MR) is 143 cm³/mol. The number of carbonyl (C=O) groups excluding carboxylic acids is 1. The highest BCUT2D eigenvalue weighted by molar-refractivity contribution is 7.92. The Labute approximate surface area is 213 Å². The fourth-order valence-electron chi connectivity index (χ4n) is 4.42. The van der Waals surface area contributed by atoms with E-state index >= 15 is 0 Å². The van der Waals surface area contributed by atoms with Crippen molar-refractivity contribution in [3.8, 4) is 5.75 Å². The fourth-order valence-corrected chi connectivity index (χ4v) is 5.84. The molecule has 3 aromatic carbocycles. The Balaban J connectivity index is 1.44. The van der Waals surface area contributed by atoms with Crippen molar-refractivity contribution in [3.05, 3.63) is 84.4 Å². The number of ether oxygens (including phenoxy) is 1. The van der Waals surface area contributed by atoms with Crippen molar-refractivity contribution < 1.29 is 17.9 Å². The number of nitrogens with one attached hydrogen (secondary N) is 1. The summed E-state index contributed by atoms with van der Waals surface area (Å²) in [5.74, 6) is 0.864. The van der Waals surface area contributed by atoms with Crippen LogP contribution in [0.5, 0.6) is 5.75 Å². The topological polar surface area (TPSA) is 79.0 Å². The van der Waals surface area contributed by atoms with Gasteiger partial charge in [0.2, 0.25) is 5.91 Å². The summed E-state index contributed by atoms with van der Waals surface area (Å²) in [7, 11) is -2.45. The van der Waals surface area contributed by atoms with Crippen LogP contribution in [0.2, 0.25) is 0 Å². The van der Waals surface area contributed by atoms with E-state index in [4.69, 9.17) is 4.74 Å². The average Bonchev–Trinajstić information content (AvgIpc) is 2.91. The van der Waals surface area contributed by atoms with Crippen LogP contribution in [-0.4, -0.2) is 41.1 Å². The van der Waals surface area contributed by atoms with E-state index in [0.717, 1.165) is 23.0 Å². The molecule has 0 spiro atoms. The number of piperidine rings is 1. The zero-order chi connectivity index (χ0) is 25.5. The summed E-state index contributed by atoms with van der Waals surface area (Å²) in [5, 5.41) is 2.87. The first-order valence-corrected chi connectivity index (χ1v) is 13.6. The molecule has 190 valence electrons. The number of amides is 1. The molecule has 1 amide bonds. The zero-order valence-electron chi connectivity index (χ0n) is 20.8. The molecule has 1 aliphatic heterocycles. The molecule has 3 aromatic rings. The zero-order valence-corrected chi connectivity index (χ0v) is 21.6. The SMILES string of the molecule is COc1ccc(S(=O)(=O)N(CC(=O)NCc2ccc(N3CCCC(C)C3)cc2)c2ccccc2)cc1. The van der Waals surface area contributed by atoms with Gasteiger partial charge < -0.3 is 15.0 Å². The van der Waals surface area contributed by atoms with Gasteiger partial charge in [-0.05, 0) is 72.9 Å². The summed E-state index contributed by atoms with van der Waals surface area (Å²) in [5.41, 5.74) is 2.57. The van der Waals surface area contributed by atoms with Crippen LogP contribution in [0.15, 0.2) is 83.8 Å². The highest BCUT2D eigenvalue weighted by Gasteiger charge is 2.27. The van der Waals surface area contributed by atoms with Gasteiger partial charge in [0.05, 0.1) is 17.7 Å². The third kappa shape index (κ3) is 6.18. The van der Waals surface area contributed by atoms with Crippen LogP contribution in [0.1, 0.15) is 25.3 Å². The summed E-state index contributed by atoms with van der Waals surface area (Å²) in [6, 6.07) is 23.0. The second-order valence-electron chi connectivity index (χ2n) is 9.16. The molecule has 4 rings (SSSR count). The second-order valence-corrected chi connectivity index (χ2v) is 11.0. The maximum atomic E-state index is 13.5. The standard InChI is InChI=1S/C28H33N3O4S/c1-22-7-6-18-30(20-22)24-12-10-23(11-13-24)19-29-28(32)21-31(25-8-4-3-5-9-25)36(33,34)27-16-14-26(35-2)15-17-27/h3-5,8-17,22H,6-7,18-21H2,1-2H3,(H,29,32). The summed E-state index contributed by atoms with van der Waals surface area (Å²) >= 11 is 0. The number of rotatable bonds is 9. The smallest absolute Gasteiger partial charge is 0.264 e. The molecule has 1 unspecified atom stereocenters.